The number of benzene rings is 1. The van der Waals surface area contributed by atoms with E-state index < -0.39 is 0 Å². The van der Waals surface area contributed by atoms with Gasteiger partial charge in [0.25, 0.3) is 0 Å². The van der Waals surface area contributed by atoms with E-state index in [-0.39, 0.29) is 29.9 Å². The van der Waals surface area contributed by atoms with Crippen LogP contribution in [0.15, 0.2) is 42.5 Å². The number of quaternary nitrogens is 1. The molecule has 6 heteroatoms. The van der Waals surface area contributed by atoms with Crippen LogP contribution in [0.2, 0.25) is 0 Å². The summed E-state index contributed by atoms with van der Waals surface area (Å²) in [6.07, 6.45) is 10.6. The summed E-state index contributed by atoms with van der Waals surface area (Å²) in [5.41, 5.74) is 2.49. The molecule has 0 radical (unpaired) electrons. The van der Waals surface area contributed by atoms with Crippen molar-refractivity contribution in [3.63, 3.8) is 0 Å². The zero-order valence-corrected chi connectivity index (χ0v) is 23.7. The molecule has 4 rings (SSSR count). The van der Waals surface area contributed by atoms with Gasteiger partial charge in [-0.15, -0.1) is 11.3 Å². The number of thiophene rings is 1. The molecule has 1 aliphatic carbocycles. The second-order valence-electron chi connectivity index (χ2n) is 10.4. The minimum atomic E-state index is 0. The van der Waals surface area contributed by atoms with Crippen molar-refractivity contribution in [2.45, 2.75) is 57.5 Å². The largest absolute Gasteiger partial charge is 1.00 e. The van der Waals surface area contributed by atoms with Crippen LogP contribution in [-0.4, -0.2) is 56.3 Å². The Morgan fingerprint density at radius 1 is 1.03 bits per heavy atom. The average Bonchev–Trinajstić information content (AvgIpc) is 3.29. The minimum absolute atomic E-state index is 0. The van der Waals surface area contributed by atoms with Crippen molar-refractivity contribution >= 4 is 23.3 Å². The van der Waals surface area contributed by atoms with Gasteiger partial charge in [0.05, 0.1) is 39.9 Å². The molecular weight excluding hydrogens is 555 g/mol. The lowest BCUT2D eigenvalue weighted by molar-refractivity contribution is -0.920. The SMILES string of the molecule is Cc1ccc(-c2ccc(C=CC(=O)NC3CCC(C[N+](C)(C)C4CCOCC4)CC3)s2)cc1.[I-]. The van der Waals surface area contributed by atoms with E-state index in [0.717, 1.165) is 47.4 Å². The molecule has 1 amide bonds. The van der Waals surface area contributed by atoms with Gasteiger partial charge in [-0.05, 0) is 56.4 Å². The Kier molecular flexibility index (Phi) is 10.2. The Labute approximate surface area is 226 Å². The smallest absolute Gasteiger partial charge is 0.244 e. The van der Waals surface area contributed by atoms with E-state index in [2.05, 4.69) is 62.7 Å². The third-order valence-corrected chi connectivity index (χ3v) is 8.56. The topological polar surface area (TPSA) is 38.3 Å². The number of halogens is 1. The van der Waals surface area contributed by atoms with Crippen LogP contribution in [0.5, 0.6) is 0 Å². The molecule has 4 nitrogen and oxygen atoms in total. The average molecular weight is 595 g/mol. The van der Waals surface area contributed by atoms with Crippen molar-refractivity contribution in [3.05, 3.63) is 52.9 Å². The summed E-state index contributed by atoms with van der Waals surface area (Å²) in [7, 11) is 4.78. The van der Waals surface area contributed by atoms with Gasteiger partial charge >= 0.3 is 0 Å². The predicted octanol–water partition coefficient (Wildman–Crippen LogP) is 2.67. The fraction of sp³-hybridized carbons (Fsp3) is 0.536. The molecule has 2 aromatic rings. The molecule has 0 atom stereocenters. The van der Waals surface area contributed by atoms with E-state index in [4.69, 9.17) is 4.74 Å². The van der Waals surface area contributed by atoms with Gasteiger partial charge in [0.1, 0.15) is 0 Å². The molecular formula is C28H39IN2O2S. The summed E-state index contributed by atoms with van der Waals surface area (Å²) in [5.74, 6) is 0.792. The van der Waals surface area contributed by atoms with Crippen LogP contribution < -0.4 is 29.3 Å². The highest BCUT2D eigenvalue weighted by molar-refractivity contribution is 7.16. The van der Waals surface area contributed by atoms with Crippen molar-refractivity contribution in [1.29, 1.82) is 0 Å². The molecule has 2 aliphatic rings. The second kappa shape index (κ2) is 12.7. The standard InChI is InChI=1S/C28H38N2O2S.HI/c1-21-4-8-23(9-5-21)27-14-12-26(33-27)13-15-28(31)29-24-10-6-22(7-11-24)20-30(2,3)25-16-18-32-19-17-25;/h4-5,8-9,12-15,22,24-25H,6-7,10-11,16-20H2,1-3H3;1H. The summed E-state index contributed by atoms with van der Waals surface area (Å²) in [5, 5.41) is 3.24. The molecule has 186 valence electrons. The Hall–Kier alpha value is -1.22. The molecule has 1 aromatic heterocycles. The molecule has 1 aliphatic heterocycles. The van der Waals surface area contributed by atoms with Gasteiger partial charge in [-0.25, -0.2) is 0 Å². The first-order valence-electron chi connectivity index (χ1n) is 12.4. The summed E-state index contributed by atoms with van der Waals surface area (Å²) < 4.78 is 6.66. The molecule has 0 bridgehead atoms. The first-order chi connectivity index (χ1) is 15.9. The maximum Gasteiger partial charge on any atom is 0.244 e. The number of amides is 1. The zero-order valence-electron chi connectivity index (χ0n) is 20.8. The van der Waals surface area contributed by atoms with Crippen LogP contribution in [0.3, 0.4) is 0 Å². The lowest BCUT2D eigenvalue weighted by Gasteiger charge is -2.43. The highest BCUT2D eigenvalue weighted by Gasteiger charge is 2.34. The van der Waals surface area contributed by atoms with Crippen molar-refractivity contribution in [2.75, 3.05) is 33.9 Å². The second-order valence-corrected chi connectivity index (χ2v) is 11.5. The van der Waals surface area contributed by atoms with Crippen molar-refractivity contribution in [2.24, 2.45) is 5.92 Å². The molecule has 34 heavy (non-hydrogen) atoms. The molecule has 0 spiro atoms. The molecule has 1 saturated heterocycles. The van der Waals surface area contributed by atoms with Gasteiger partial charge in [-0.3, -0.25) is 4.79 Å². The number of nitrogens with zero attached hydrogens (tertiary/aromatic N) is 1. The number of nitrogens with one attached hydrogen (secondary N) is 1. The molecule has 1 aromatic carbocycles. The summed E-state index contributed by atoms with van der Waals surface area (Å²) >= 11 is 1.72. The van der Waals surface area contributed by atoms with Crippen LogP contribution >= 0.6 is 11.3 Å². The van der Waals surface area contributed by atoms with E-state index in [1.807, 2.05) is 6.08 Å². The number of carbonyl (C=O) groups excluding carboxylic acids is 1. The zero-order chi connectivity index (χ0) is 23.3. The normalized spacial score (nSPS) is 21.9. The van der Waals surface area contributed by atoms with Gasteiger partial charge in [0.2, 0.25) is 5.91 Å². The van der Waals surface area contributed by atoms with Crippen LogP contribution in [0.4, 0.5) is 0 Å². The third kappa shape index (κ3) is 7.64. The fourth-order valence-corrected chi connectivity index (χ4v) is 6.33. The number of carbonyl (C=O) groups is 1. The van der Waals surface area contributed by atoms with Gasteiger partial charge in [-0.2, -0.15) is 0 Å². The maximum atomic E-state index is 12.5. The van der Waals surface area contributed by atoms with Gasteiger partial charge in [0, 0.05) is 40.6 Å². The van der Waals surface area contributed by atoms with Crippen molar-refractivity contribution < 1.29 is 38.0 Å². The number of hydrogen-bond acceptors (Lipinski definition) is 3. The highest BCUT2D eigenvalue weighted by Crippen LogP contribution is 2.30. The van der Waals surface area contributed by atoms with Crippen LogP contribution in [0.1, 0.15) is 49.0 Å². The van der Waals surface area contributed by atoms with E-state index >= 15 is 0 Å². The summed E-state index contributed by atoms with van der Waals surface area (Å²) in [6.45, 7) is 5.17. The predicted molar refractivity (Wildman–Crippen MR) is 138 cm³/mol. The summed E-state index contributed by atoms with van der Waals surface area (Å²) in [6, 6.07) is 13.8. The number of ether oxygens (including phenoxy) is 1. The van der Waals surface area contributed by atoms with Crippen LogP contribution in [0, 0.1) is 12.8 Å². The molecule has 2 fully saturated rings. The molecule has 2 heterocycles. The Morgan fingerprint density at radius 3 is 2.38 bits per heavy atom. The molecule has 1 N–H and O–H groups in total. The lowest BCUT2D eigenvalue weighted by atomic mass is 9.84. The maximum absolute atomic E-state index is 12.5. The summed E-state index contributed by atoms with van der Waals surface area (Å²) in [4.78, 5) is 14.8. The van der Waals surface area contributed by atoms with Crippen molar-refractivity contribution in [3.8, 4) is 10.4 Å². The van der Waals surface area contributed by atoms with E-state index in [1.165, 1.54) is 48.2 Å². The third-order valence-electron chi connectivity index (χ3n) is 7.46. The number of rotatable bonds is 7. The lowest BCUT2D eigenvalue weighted by Crippen LogP contribution is -3.00. The van der Waals surface area contributed by atoms with Gasteiger partial charge in [-0.1, -0.05) is 29.8 Å². The van der Waals surface area contributed by atoms with E-state index in [0.29, 0.717) is 6.04 Å². The molecule has 1 saturated carbocycles. The van der Waals surface area contributed by atoms with E-state index in [9.17, 15) is 4.79 Å². The molecule has 0 unspecified atom stereocenters. The monoisotopic (exact) mass is 594 g/mol. The first kappa shape index (κ1) is 27.4. The van der Waals surface area contributed by atoms with Gasteiger partial charge in [0.15, 0.2) is 0 Å². The van der Waals surface area contributed by atoms with E-state index in [1.54, 1.807) is 17.4 Å². The quantitative estimate of drug-likeness (QED) is 0.304. The Bertz CT molecular complexity index is 940. The van der Waals surface area contributed by atoms with Crippen molar-refractivity contribution in [1.82, 2.24) is 5.32 Å². The van der Waals surface area contributed by atoms with Gasteiger partial charge < -0.3 is 38.5 Å². The Balaban J connectivity index is 0.00000324. The minimum Gasteiger partial charge on any atom is -1.00 e. The Morgan fingerprint density at radius 2 is 1.71 bits per heavy atom. The highest BCUT2D eigenvalue weighted by atomic mass is 127. The number of aryl methyl sites for hydroxylation is 1. The van der Waals surface area contributed by atoms with Crippen LogP contribution in [-0.2, 0) is 9.53 Å². The van der Waals surface area contributed by atoms with Crippen LogP contribution in [0.25, 0.3) is 16.5 Å². The first-order valence-corrected chi connectivity index (χ1v) is 13.3. The number of hydrogen-bond donors (Lipinski definition) is 1. The fourth-order valence-electron chi connectivity index (χ4n) is 5.41.